The topological polar surface area (TPSA) is 76.9 Å². The maximum Gasteiger partial charge on any atom is 0.278 e. The molecule has 1 heterocycles. The quantitative estimate of drug-likeness (QED) is 0.766. The van der Waals surface area contributed by atoms with Crippen molar-refractivity contribution in [1.29, 1.82) is 0 Å². The number of carbonyl (C=O) groups is 1. The molecular weight excluding hydrogens is 360 g/mol. The van der Waals surface area contributed by atoms with Gasteiger partial charge >= 0.3 is 0 Å². The number of hydrogen-bond acceptors (Lipinski definition) is 4. The average molecular weight is 373 g/mol. The lowest BCUT2D eigenvalue weighted by molar-refractivity contribution is -0.117. The van der Waals surface area contributed by atoms with Crippen LogP contribution in [0.1, 0.15) is 5.56 Å². The van der Waals surface area contributed by atoms with Crippen molar-refractivity contribution in [2.75, 3.05) is 5.32 Å². The largest absolute Gasteiger partial charge is 0.323 e. The summed E-state index contributed by atoms with van der Waals surface area (Å²) in [5, 5.41) is 10.9. The van der Waals surface area contributed by atoms with E-state index in [4.69, 9.17) is 0 Å². The number of aryl methyl sites for hydroxylation is 1. The van der Waals surface area contributed by atoms with Gasteiger partial charge in [0.25, 0.3) is 5.56 Å². The Morgan fingerprint density at radius 1 is 1.26 bits per heavy atom. The molecule has 3 rings (SSSR count). The number of hydrogen-bond donors (Lipinski definition) is 1. The Balaban J connectivity index is 1.83. The first kappa shape index (κ1) is 15.4. The fourth-order valence-corrected chi connectivity index (χ4v) is 2.77. The van der Waals surface area contributed by atoms with Crippen LogP contribution in [0.2, 0.25) is 0 Å². The predicted octanol–water partition coefficient (Wildman–Crippen LogP) is 2.50. The minimum absolute atomic E-state index is 0.197. The first-order chi connectivity index (χ1) is 11.0. The van der Waals surface area contributed by atoms with Crippen molar-refractivity contribution >= 4 is 38.4 Å². The van der Waals surface area contributed by atoms with Gasteiger partial charge in [-0.15, -0.1) is 5.10 Å². The van der Waals surface area contributed by atoms with E-state index in [0.29, 0.717) is 16.6 Å². The average Bonchev–Trinajstić information content (AvgIpc) is 2.53. The number of nitrogens with zero attached hydrogens (tertiary/aromatic N) is 3. The molecule has 0 saturated heterocycles. The standard InChI is InChI=1S/C16H13BrN4O2/c1-10-6-7-14(12(17)8-10)18-15(22)9-21-16(23)11-4-2-3-5-13(11)19-20-21/h2-8H,9H2,1H3,(H,18,22). The van der Waals surface area contributed by atoms with Gasteiger partial charge in [-0.3, -0.25) is 9.59 Å². The third kappa shape index (κ3) is 3.29. The summed E-state index contributed by atoms with van der Waals surface area (Å²) in [5.74, 6) is -0.346. The van der Waals surface area contributed by atoms with E-state index in [9.17, 15) is 9.59 Å². The number of nitrogens with one attached hydrogen (secondary N) is 1. The van der Waals surface area contributed by atoms with E-state index in [1.807, 2.05) is 19.1 Å². The van der Waals surface area contributed by atoms with Crippen LogP contribution in [0.5, 0.6) is 0 Å². The molecule has 0 saturated carbocycles. The van der Waals surface area contributed by atoms with Gasteiger partial charge in [0, 0.05) is 4.47 Å². The number of anilines is 1. The van der Waals surface area contributed by atoms with Crippen LogP contribution in [-0.2, 0) is 11.3 Å². The molecule has 23 heavy (non-hydrogen) atoms. The van der Waals surface area contributed by atoms with Crippen molar-refractivity contribution in [1.82, 2.24) is 15.0 Å². The van der Waals surface area contributed by atoms with Crippen molar-refractivity contribution < 1.29 is 4.79 Å². The molecule has 0 spiro atoms. The summed E-state index contributed by atoms with van der Waals surface area (Å²) in [4.78, 5) is 24.4. The van der Waals surface area contributed by atoms with Gasteiger partial charge in [0.05, 0.1) is 11.1 Å². The highest BCUT2D eigenvalue weighted by Gasteiger charge is 2.11. The van der Waals surface area contributed by atoms with E-state index in [-0.39, 0.29) is 18.0 Å². The van der Waals surface area contributed by atoms with E-state index in [2.05, 4.69) is 31.6 Å². The Labute approximate surface area is 140 Å². The molecule has 0 unspecified atom stereocenters. The van der Waals surface area contributed by atoms with Crippen molar-refractivity contribution in [3.8, 4) is 0 Å². The number of halogens is 1. The summed E-state index contributed by atoms with van der Waals surface area (Å²) < 4.78 is 1.84. The van der Waals surface area contributed by atoms with Crippen LogP contribution >= 0.6 is 15.9 Å². The van der Waals surface area contributed by atoms with Gasteiger partial charge < -0.3 is 5.32 Å². The molecule has 0 aliphatic heterocycles. The van der Waals surface area contributed by atoms with Gasteiger partial charge in [-0.05, 0) is 52.7 Å². The van der Waals surface area contributed by atoms with Gasteiger partial charge in [0.2, 0.25) is 5.91 Å². The Morgan fingerprint density at radius 2 is 2.04 bits per heavy atom. The molecule has 0 bridgehead atoms. The van der Waals surface area contributed by atoms with E-state index in [1.54, 1.807) is 30.3 Å². The van der Waals surface area contributed by atoms with Crippen LogP contribution in [0.4, 0.5) is 5.69 Å². The fourth-order valence-electron chi connectivity index (χ4n) is 2.17. The lowest BCUT2D eigenvalue weighted by Crippen LogP contribution is -2.30. The molecule has 7 heteroatoms. The molecule has 3 aromatic rings. The highest BCUT2D eigenvalue weighted by molar-refractivity contribution is 9.10. The number of aromatic nitrogens is 3. The second kappa shape index (κ2) is 6.29. The summed E-state index contributed by atoms with van der Waals surface area (Å²) in [7, 11) is 0. The fraction of sp³-hybridized carbons (Fsp3) is 0.125. The molecule has 1 aromatic heterocycles. The van der Waals surface area contributed by atoms with Crippen LogP contribution in [0.25, 0.3) is 10.9 Å². The molecule has 0 aliphatic rings. The molecule has 0 aliphatic carbocycles. The van der Waals surface area contributed by atoms with Crippen molar-refractivity contribution in [3.63, 3.8) is 0 Å². The molecular formula is C16H13BrN4O2. The van der Waals surface area contributed by atoms with Crippen LogP contribution in [-0.4, -0.2) is 20.9 Å². The van der Waals surface area contributed by atoms with Crippen LogP contribution in [0.3, 0.4) is 0 Å². The van der Waals surface area contributed by atoms with E-state index in [1.165, 1.54) is 0 Å². The summed E-state index contributed by atoms with van der Waals surface area (Å²) in [6.07, 6.45) is 0. The van der Waals surface area contributed by atoms with Crippen molar-refractivity contribution in [3.05, 3.63) is 62.9 Å². The van der Waals surface area contributed by atoms with Gasteiger partial charge in [0.15, 0.2) is 0 Å². The predicted molar refractivity (Wildman–Crippen MR) is 91.3 cm³/mol. The monoisotopic (exact) mass is 372 g/mol. The Bertz CT molecular complexity index is 952. The summed E-state index contributed by atoms with van der Waals surface area (Å²) in [5.41, 5.74) is 1.89. The minimum Gasteiger partial charge on any atom is -0.323 e. The second-order valence-electron chi connectivity index (χ2n) is 5.10. The third-order valence-corrected chi connectivity index (χ3v) is 3.98. The lowest BCUT2D eigenvalue weighted by Gasteiger charge is -2.09. The zero-order chi connectivity index (χ0) is 16.4. The van der Waals surface area contributed by atoms with Gasteiger partial charge in [-0.1, -0.05) is 23.4 Å². The number of benzene rings is 2. The molecule has 2 aromatic carbocycles. The van der Waals surface area contributed by atoms with Gasteiger partial charge in [-0.25, -0.2) is 4.68 Å². The number of rotatable bonds is 3. The maximum atomic E-state index is 12.3. The molecule has 0 atom stereocenters. The number of amides is 1. The maximum absolute atomic E-state index is 12.3. The molecule has 1 amide bonds. The van der Waals surface area contributed by atoms with Crippen LogP contribution in [0, 0.1) is 6.92 Å². The molecule has 1 N–H and O–H groups in total. The number of fused-ring (bicyclic) bond motifs is 1. The normalized spacial score (nSPS) is 10.7. The zero-order valence-corrected chi connectivity index (χ0v) is 13.9. The summed E-state index contributed by atoms with van der Waals surface area (Å²) in [6, 6.07) is 12.5. The van der Waals surface area contributed by atoms with Crippen molar-refractivity contribution in [2.24, 2.45) is 0 Å². The van der Waals surface area contributed by atoms with E-state index >= 15 is 0 Å². The molecule has 6 nitrogen and oxygen atoms in total. The molecule has 0 radical (unpaired) electrons. The summed E-state index contributed by atoms with van der Waals surface area (Å²) >= 11 is 3.40. The Hall–Kier alpha value is -2.54. The summed E-state index contributed by atoms with van der Waals surface area (Å²) in [6.45, 7) is 1.76. The van der Waals surface area contributed by atoms with Crippen LogP contribution in [0.15, 0.2) is 51.7 Å². The first-order valence-corrected chi connectivity index (χ1v) is 7.72. The SMILES string of the molecule is Cc1ccc(NC(=O)Cn2nnc3ccccc3c2=O)c(Br)c1. The molecule has 0 fully saturated rings. The Kier molecular flexibility index (Phi) is 4.20. The Morgan fingerprint density at radius 3 is 2.83 bits per heavy atom. The minimum atomic E-state index is -0.346. The van der Waals surface area contributed by atoms with E-state index < -0.39 is 0 Å². The van der Waals surface area contributed by atoms with E-state index in [0.717, 1.165) is 14.7 Å². The van der Waals surface area contributed by atoms with Crippen LogP contribution < -0.4 is 10.9 Å². The lowest BCUT2D eigenvalue weighted by atomic mass is 10.2. The second-order valence-corrected chi connectivity index (χ2v) is 5.96. The third-order valence-electron chi connectivity index (χ3n) is 3.32. The number of carbonyl (C=O) groups excluding carboxylic acids is 1. The van der Waals surface area contributed by atoms with Gasteiger partial charge in [-0.2, -0.15) is 0 Å². The smallest absolute Gasteiger partial charge is 0.278 e. The highest BCUT2D eigenvalue weighted by atomic mass is 79.9. The highest BCUT2D eigenvalue weighted by Crippen LogP contribution is 2.23. The van der Waals surface area contributed by atoms with Crippen molar-refractivity contribution in [2.45, 2.75) is 13.5 Å². The van der Waals surface area contributed by atoms with Gasteiger partial charge in [0.1, 0.15) is 12.1 Å². The first-order valence-electron chi connectivity index (χ1n) is 6.93. The molecule has 116 valence electrons. The zero-order valence-electron chi connectivity index (χ0n) is 12.3.